The fourth-order valence-electron chi connectivity index (χ4n) is 3.12. The van der Waals surface area contributed by atoms with E-state index in [2.05, 4.69) is 27.1 Å². The third-order valence-corrected chi connectivity index (χ3v) is 4.57. The maximum atomic E-state index is 13.6. The minimum Gasteiger partial charge on any atom is -0.467 e. The SMILES string of the molecule is Cc1cc(OCC(=O)Nc2ccc(C)c(F)c2)nc(N2CCC[C@@H](C)C2)n1. The lowest BCUT2D eigenvalue weighted by molar-refractivity contribution is -0.118. The number of aromatic nitrogens is 2. The Labute approximate surface area is 158 Å². The smallest absolute Gasteiger partial charge is 0.262 e. The van der Waals surface area contributed by atoms with Gasteiger partial charge in [0.25, 0.3) is 5.91 Å². The first kappa shape index (κ1) is 19.1. The maximum absolute atomic E-state index is 13.6. The van der Waals surface area contributed by atoms with Gasteiger partial charge in [0.2, 0.25) is 11.8 Å². The molecule has 7 heteroatoms. The summed E-state index contributed by atoms with van der Waals surface area (Å²) in [5.74, 6) is 0.870. The summed E-state index contributed by atoms with van der Waals surface area (Å²) in [6, 6.07) is 6.26. The predicted octanol–water partition coefficient (Wildman–Crippen LogP) is 3.49. The van der Waals surface area contributed by atoms with Crippen LogP contribution in [0.1, 0.15) is 31.0 Å². The summed E-state index contributed by atoms with van der Waals surface area (Å²) >= 11 is 0. The Balaban J connectivity index is 1.61. The molecule has 6 nitrogen and oxygen atoms in total. The number of anilines is 2. The Bertz CT molecular complexity index is 828. The van der Waals surface area contributed by atoms with E-state index in [4.69, 9.17) is 4.74 Å². The minimum atomic E-state index is -0.373. The molecule has 0 saturated carbocycles. The number of halogens is 1. The average Bonchev–Trinajstić information content (AvgIpc) is 2.63. The largest absolute Gasteiger partial charge is 0.467 e. The topological polar surface area (TPSA) is 67.3 Å². The fourth-order valence-corrected chi connectivity index (χ4v) is 3.12. The van der Waals surface area contributed by atoms with E-state index in [0.29, 0.717) is 29.0 Å². The molecule has 0 radical (unpaired) electrons. The first-order chi connectivity index (χ1) is 12.9. The number of piperidine rings is 1. The van der Waals surface area contributed by atoms with E-state index in [1.807, 2.05) is 6.92 Å². The zero-order chi connectivity index (χ0) is 19.4. The van der Waals surface area contributed by atoms with E-state index < -0.39 is 0 Å². The number of amides is 1. The summed E-state index contributed by atoms with van der Waals surface area (Å²) in [7, 11) is 0. The molecule has 3 rings (SSSR count). The molecule has 1 aromatic heterocycles. The highest BCUT2D eigenvalue weighted by molar-refractivity contribution is 5.91. The van der Waals surface area contributed by atoms with Gasteiger partial charge < -0.3 is 15.0 Å². The molecular weight excluding hydrogens is 347 g/mol. The second-order valence-electron chi connectivity index (χ2n) is 7.14. The van der Waals surface area contributed by atoms with Crippen LogP contribution in [-0.4, -0.2) is 35.6 Å². The molecule has 0 bridgehead atoms. The van der Waals surface area contributed by atoms with Crippen molar-refractivity contribution in [1.82, 2.24) is 9.97 Å². The Morgan fingerprint density at radius 2 is 2.15 bits per heavy atom. The Kier molecular flexibility index (Phi) is 5.88. The van der Waals surface area contributed by atoms with Crippen molar-refractivity contribution in [1.29, 1.82) is 0 Å². The van der Waals surface area contributed by atoms with Crippen molar-refractivity contribution in [3.63, 3.8) is 0 Å². The second-order valence-corrected chi connectivity index (χ2v) is 7.14. The molecule has 2 heterocycles. The van der Waals surface area contributed by atoms with Crippen LogP contribution in [-0.2, 0) is 4.79 Å². The van der Waals surface area contributed by atoms with Crippen LogP contribution in [0, 0.1) is 25.6 Å². The van der Waals surface area contributed by atoms with E-state index in [-0.39, 0.29) is 18.3 Å². The lowest BCUT2D eigenvalue weighted by Gasteiger charge is -2.31. The number of carbonyl (C=O) groups excluding carboxylic acids is 1. The van der Waals surface area contributed by atoms with Crippen LogP contribution in [0.4, 0.5) is 16.0 Å². The average molecular weight is 372 g/mol. The van der Waals surface area contributed by atoms with E-state index in [0.717, 1.165) is 25.2 Å². The molecule has 144 valence electrons. The highest BCUT2D eigenvalue weighted by Crippen LogP contribution is 2.22. The van der Waals surface area contributed by atoms with Crippen molar-refractivity contribution in [3.05, 3.63) is 41.3 Å². The molecule has 27 heavy (non-hydrogen) atoms. The van der Waals surface area contributed by atoms with Gasteiger partial charge in [0, 0.05) is 30.5 Å². The molecule has 0 spiro atoms. The number of nitrogens with one attached hydrogen (secondary N) is 1. The van der Waals surface area contributed by atoms with Gasteiger partial charge in [0.05, 0.1) is 0 Å². The van der Waals surface area contributed by atoms with E-state index in [1.165, 1.54) is 12.5 Å². The van der Waals surface area contributed by atoms with Gasteiger partial charge in [-0.25, -0.2) is 9.37 Å². The van der Waals surface area contributed by atoms with Crippen LogP contribution in [0.3, 0.4) is 0 Å². The summed E-state index contributed by atoms with van der Waals surface area (Å²) in [6.45, 7) is 7.40. The molecule has 1 saturated heterocycles. The summed E-state index contributed by atoms with van der Waals surface area (Å²) in [5.41, 5.74) is 1.71. The number of benzene rings is 1. The Hall–Kier alpha value is -2.70. The van der Waals surface area contributed by atoms with Gasteiger partial charge >= 0.3 is 0 Å². The van der Waals surface area contributed by atoms with Gasteiger partial charge in [0.1, 0.15) is 5.82 Å². The summed E-state index contributed by atoms with van der Waals surface area (Å²) in [5, 5.41) is 2.62. The quantitative estimate of drug-likeness (QED) is 0.870. The zero-order valence-corrected chi connectivity index (χ0v) is 16.0. The number of nitrogens with zero attached hydrogens (tertiary/aromatic N) is 3. The molecule has 1 aliphatic rings. The minimum absolute atomic E-state index is 0.207. The van der Waals surface area contributed by atoms with Crippen molar-refractivity contribution >= 4 is 17.5 Å². The highest BCUT2D eigenvalue weighted by atomic mass is 19.1. The monoisotopic (exact) mass is 372 g/mol. The van der Waals surface area contributed by atoms with Gasteiger partial charge in [-0.1, -0.05) is 13.0 Å². The van der Waals surface area contributed by atoms with Gasteiger partial charge in [-0.05, 0) is 50.3 Å². The van der Waals surface area contributed by atoms with Crippen LogP contribution in [0.2, 0.25) is 0 Å². The van der Waals surface area contributed by atoms with Gasteiger partial charge in [-0.3, -0.25) is 4.79 Å². The number of hydrogen-bond acceptors (Lipinski definition) is 5. The number of rotatable bonds is 5. The highest BCUT2D eigenvalue weighted by Gasteiger charge is 2.19. The Morgan fingerprint density at radius 3 is 2.89 bits per heavy atom. The summed E-state index contributed by atoms with van der Waals surface area (Å²) < 4.78 is 19.1. The molecular formula is C20H25FN4O2. The third kappa shape index (κ3) is 5.15. The van der Waals surface area contributed by atoms with E-state index >= 15 is 0 Å². The van der Waals surface area contributed by atoms with Crippen LogP contribution in [0.15, 0.2) is 24.3 Å². The van der Waals surface area contributed by atoms with Crippen molar-refractivity contribution < 1.29 is 13.9 Å². The molecule has 0 aliphatic carbocycles. The van der Waals surface area contributed by atoms with Gasteiger partial charge in [0.15, 0.2) is 6.61 Å². The van der Waals surface area contributed by atoms with E-state index in [1.54, 1.807) is 25.1 Å². The molecule has 2 aromatic rings. The number of carbonyl (C=O) groups is 1. The first-order valence-corrected chi connectivity index (χ1v) is 9.20. The fraction of sp³-hybridized carbons (Fsp3) is 0.450. The number of aryl methyl sites for hydroxylation is 2. The molecule has 1 fully saturated rings. The van der Waals surface area contributed by atoms with Crippen LogP contribution >= 0.6 is 0 Å². The molecule has 1 amide bonds. The van der Waals surface area contributed by atoms with Crippen LogP contribution in [0.25, 0.3) is 0 Å². The Morgan fingerprint density at radius 1 is 1.33 bits per heavy atom. The molecule has 0 unspecified atom stereocenters. The molecule has 1 atom stereocenters. The number of ether oxygens (including phenoxy) is 1. The summed E-state index contributed by atoms with van der Waals surface area (Å²) in [6.07, 6.45) is 2.33. The summed E-state index contributed by atoms with van der Waals surface area (Å²) in [4.78, 5) is 23.2. The molecule has 1 aromatic carbocycles. The van der Waals surface area contributed by atoms with Crippen molar-refractivity contribution in [2.24, 2.45) is 5.92 Å². The van der Waals surface area contributed by atoms with Crippen LogP contribution in [0.5, 0.6) is 5.88 Å². The van der Waals surface area contributed by atoms with E-state index in [9.17, 15) is 9.18 Å². The molecule has 1 aliphatic heterocycles. The van der Waals surface area contributed by atoms with Crippen molar-refractivity contribution in [2.45, 2.75) is 33.6 Å². The van der Waals surface area contributed by atoms with Crippen molar-refractivity contribution in [2.75, 3.05) is 29.9 Å². The lowest BCUT2D eigenvalue weighted by atomic mass is 10.0. The first-order valence-electron chi connectivity index (χ1n) is 9.20. The number of hydrogen-bond donors (Lipinski definition) is 1. The molecule has 1 N–H and O–H groups in total. The lowest BCUT2D eigenvalue weighted by Crippen LogP contribution is -2.35. The normalized spacial score (nSPS) is 16.9. The zero-order valence-electron chi connectivity index (χ0n) is 16.0. The third-order valence-electron chi connectivity index (χ3n) is 4.57. The second kappa shape index (κ2) is 8.33. The van der Waals surface area contributed by atoms with Gasteiger partial charge in [-0.2, -0.15) is 4.98 Å². The van der Waals surface area contributed by atoms with Crippen LogP contribution < -0.4 is 15.0 Å². The standard InChI is InChI=1S/C20H25FN4O2/c1-13-5-4-8-25(11-13)20-22-15(3)9-19(24-20)27-12-18(26)23-16-7-6-14(2)17(21)10-16/h6-7,9-10,13H,4-5,8,11-12H2,1-3H3,(H,23,26)/t13-/m1/s1. The van der Waals surface area contributed by atoms with Crippen molar-refractivity contribution in [3.8, 4) is 5.88 Å². The predicted molar refractivity (Wildman–Crippen MR) is 103 cm³/mol. The van der Waals surface area contributed by atoms with Gasteiger partial charge in [-0.15, -0.1) is 0 Å². The maximum Gasteiger partial charge on any atom is 0.262 e.